The second-order valence-corrected chi connectivity index (χ2v) is 8.31. The minimum absolute atomic E-state index is 0.293. The number of benzene rings is 3. The number of anilines is 2. The molecule has 0 radical (unpaired) electrons. The number of aryl methyl sites for hydroxylation is 2. The molecule has 0 aliphatic carbocycles. The van der Waals surface area contributed by atoms with Crippen LogP contribution >= 0.6 is 11.8 Å². The number of amides is 2. The lowest BCUT2D eigenvalue weighted by Crippen LogP contribution is -2.34. The molecule has 1 aliphatic heterocycles. The zero-order chi connectivity index (χ0) is 21.3. The third-order valence-corrected chi connectivity index (χ3v) is 6.13. The Kier molecular flexibility index (Phi) is 5.46. The zero-order valence-corrected chi connectivity index (χ0v) is 17.9. The highest BCUT2D eigenvalue weighted by Gasteiger charge is 2.42. The molecule has 4 nitrogen and oxygen atoms in total. The molecular weight excluding hydrogens is 392 g/mol. The van der Waals surface area contributed by atoms with Crippen LogP contribution < -0.4 is 9.80 Å². The van der Waals surface area contributed by atoms with Crippen molar-refractivity contribution in [1.29, 1.82) is 0 Å². The van der Waals surface area contributed by atoms with Gasteiger partial charge < -0.3 is 4.90 Å². The van der Waals surface area contributed by atoms with Crippen LogP contribution in [0.15, 0.2) is 94.4 Å². The molecule has 0 N–H and O–H groups in total. The lowest BCUT2D eigenvalue weighted by molar-refractivity contribution is -0.120. The van der Waals surface area contributed by atoms with Crippen molar-refractivity contribution in [3.8, 4) is 0 Å². The second kappa shape index (κ2) is 8.20. The van der Waals surface area contributed by atoms with Gasteiger partial charge in [-0.2, -0.15) is 0 Å². The van der Waals surface area contributed by atoms with Crippen LogP contribution in [0.3, 0.4) is 0 Å². The van der Waals surface area contributed by atoms with Crippen LogP contribution in [0, 0.1) is 13.8 Å². The van der Waals surface area contributed by atoms with Gasteiger partial charge in [0.1, 0.15) is 10.6 Å². The Balaban J connectivity index is 1.82. The lowest BCUT2D eigenvalue weighted by Gasteiger charge is -2.22. The van der Waals surface area contributed by atoms with Crippen molar-refractivity contribution in [1.82, 2.24) is 0 Å². The first kappa shape index (κ1) is 20.0. The molecule has 0 saturated heterocycles. The number of carbonyl (C=O) groups excluding carboxylic acids is 2. The van der Waals surface area contributed by atoms with Crippen LogP contribution in [0.25, 0.3) is 0 Å². The summed E-state index contributed by atoms with van der Waals surface area (Å²) in [7, 11) is 1.83. The van der Waals surface area contributed by atoms with Gasteiger partial charge in [0, 0.05) is 17.6 Å². The smallest absolute Gasteiger partial charge is 0.283 e. The van der Waals surface area contributed by atoms with Crippen LogP contribution in [0.2, 0.25) is 0 Å². The molecule has 0 unspecified atom stereocenters. The Hall–Kier alpha value is -3.31. The Morgan fingerprint density at radius 2 is 1.43 bits per heavy atom. The van der Waals surface area contributed by atoms with Gasteiger partial charge >= 0.3 is 0 Å². The molecule has 2 amide bonds. The first-order valence-electron chi connectivity index (χ1n) is 9.69. The van der Waals surface area contributed by atoms with E-state index in [4.69, 9.17) is 0 Å². The largest absolute Gasteiger partial charge is 0.339 e. The normalized spacial score (nSPS) is 13.9. The molecule has 30 heavy (non-hydrogen) atoms. The Morgan fingerprint density at radius 3 is 2.07 bits per heavy atom. The number of imide groups is 1. The maximum Gasteiger partial charge on any atom is 0.283 e. The van der Waals surface area contributed by atoms with Gasteiger partial charge in [0.2, 0.25) is 0 Å². The first-order valence-corrected chi connectivity index (χ1v) is 10.5. The number of para-hydroxylation sites is 1. The zero-order valence-electron chi connectivity index (χ0n) is 17.1. The van der Waals surface area contributed by atoms with Crippen LogP contribution in [-0.4, -0.2) is 18.9 Å². The van der Waals surface area contributed by atoms with Gasteiger partial charge in [-0.1, -0.05) is 65.9 Å². The van der Waals surface area contributed by atoms with Gasteiger partial charge in [-0.3, -0.25) is 9.59 Å². The maximum absolute atomic E-state index is 13.6. The highest BCUT2D eigenvalue weighted by molar-refractivity contribution is 8.04. The van der Waals surface area contributed by atoms with E-state index in [-0.39, 0.29) is 11.8 Å². The minimum Gasteiger partial charge on any atom is -0.339 e. The lowest BCUT2D eigenvalue weighted by atomic mass is 10.1. The van der Waals surface area contributed by atoms with E-state index in [2.05, 4.69) is 0 Å². The van der Waals surface area contributed by atoms with Crippen molar-refractivity contribution in [2.24, 2.45) is 0 Å². The summed E-state index contributed by atoms with van der Waals surface area (Å²) in [6, 6.07) is 25.0. The minimum atomic E-state index is -0.309. The fraction of sp³-hybridized carbons (Fsp3) is 0.120. The van der Waals surface area contributed by atoms with Gasteiger partial charge in [0.25, 0.3) is 11.8 Å². The van der Waals surface area contributed by atoms with Crippen LogP contribution in [0.4, 0.5) is 11.4 Å². The van der Waals surface area contributed by atoms with Crippen molar-refractivity contribution >= 4 is 35.0 Å². The molecule has 0 spiro atoms. The predicted molar refractivity (Wildman–Crippen MR) is 123 cm³/mol. The Bertz CT molecular complexity index is 1140. The highest BCUT2D eigenvalue weighted by atomic mass is 32.2. The second-order valence-electron chi connectivity index (χ2n) is 7.22. The number of hydrogen-bond donors (Lipinski definition) is 0. The van der Waals surface area contributed by atoms with Crippen molar-refractivity contribution < 1.29 is 9.59 Å². The van der Waals surface area contributed by atoms with E-state index in [9.17, 15) is 9.59 Å². The molecule has 5 heteroatoms. The van der Waals surface area contributed by atoms with E-state index in [0.717, 1.165) is 21.7 Å². The van der Waals surface area contributed by atoms with E-state index in [1.54, 1.807) is 4.90 Å². The van der Waals surface area contributed by atoms with E-state index in [1.165, 1.54) is 16.7 Å². The maximum atomic E-state index is 13.6. The van der Waals surface area contributed by atoms with Gasteiger partial charge in [-0.15, -0.1) is 0 Å². The molecule has 3 aromatic carbocycles. The van der Waals surface area contributed by atoms with Crippen molar-refractivity contribution in [2.45, 2.75) is 18.7 Å². The number of thioether (sulfide) groups is 1. The Labute approximate surface area is 180 Å². The Morgan fingerprint density at radius 1 is 0.800 bits per heavy atom. The number of carbonyl (C=O) groups is 2. The molecule has 0 bridgehead atoms. The quantitative estimate of drug-likeness (QED) is 0.530. The summed E-state index contributed by atoms with van der Waals surface area (Å²) >= 11 is 1.33. The summed E-state index contributed by atoms with van der Waals surface area (Å²) in [5.41, 5.74) is 3.84. The number of nitrogens with zero attached hydrogens (tertiary/aromatic N) is 2. The number of hydrogen-bond acceptors (Lipinski definition) is 4. The fourth-order valence-corrected chi connectivity index (χ4v) is 4.58. The predicted octanol–water partition coefficient (Wildman–Crippen LogP) is 5.32. The summed E-state index contributed by atoms with van der Waals surface area (Å²) in [6.07, 6.45) is 0. The van der Waals surface area contributed by atoms with E-state index < -0.39 is 0 Å². The SMILES string of the molecule is Cc1ccc(N2C(=O)C(Sc3ccccc3)=C(N(C)c3ccccc3)C2=O)c(C)c1. The van der Waals surface area contributed by atoms with Crippen LogP contribution in [0.5, 0.6) is 0 Å². The summed E-state index contributed by atoms with van der Waals surface area (Å²) in [4.78, 5) is 31.5. The summed E-state index contributed by atoms with van der Waals surface area (Å²) in [5.74, 6) is -0.602. The summed E-state index contributed by atoms with van der Waals surface area (Å²) in [5, 5.41) is 0. The van der Waals surface area contributed by atoms with Crippen molar-refractivity contribution in [2.75, 3.05) is 16.8 Å². The average Bonchev–Trinajstić information content (AvgIpc) is 2.99. The number of rotatable bonds is 5. The van der Waals surface area contributed by atoms with Gasteiger partial charge in [-0.05, 0) is 49.7 Å². The number of likely N-dealkylation sites (N-methyl/N-ethyl adjacent to an activating group) is 1. The van der Waals surface area contributed by atoms with Gasteiger partial charge in [-0.25, -0.2) is 4.90 Å². The van der Waals surface area contributed by atoms with Gasteiger partial charge in [0.15, 0.2) is 0 Å². The van der Waals surface area contributed by atoms with E-state index in [1.807, 2.05) is 99.8 Å². The molecule has 3 aromatic rings. The van der Waals surface area contributed by atoms with Crippen molar-refractivity contribution in [3.05, 3.63) is 101 Å². The highest BCUT2D eigenvalue weighted by Crippen LogP contribution is 2.40. The first-order chi connectivity index (χ1) is 14.5. The molecule has 0 aromatic heterocycles. The summed E-state index contributed by atoms with van der Waals surface area (Å²) in [6.45, 7) is 3.92. The van der Waals surface area contributed by atoms with Gasteiger partial charge in [0.05, 0.1) is 5.69 Å². The molecule has 1 aliphatic rings. The molecular formula is C25H22N2O2S. The molecule has 0 saturated carbocycles. The topological polar surface area (TPSA) is 40.6 Å². The van der Waals surface area contributed by atoms with E-state index in [0.29, 0.717) is 16.3 Å². The molecule has 150 valence electrons. The van der Waals surface area contributed by atoms with Crippen LogP contribution in [0.1, 0.15) is 11.1 Å². The monoisotopic (exact) mass is 414 g/mol. The van der Waals surface area contributed by atoms with Crippen molar-refractivity contribution in [3.63, 3.8) is 0 Å². The fourth-order valence-electron chi connectivity index (χ4n) is 3.55. The molecule has 1 heterocycles. The standard InChI is InChI=1S/C25H22N2O2S/c1-17-14-15-21(18(2)16-17)27-24(28)22(26(3)19-10-6-4-7-11-19)23(25(27)29)30-20-12-8-5-9-13-20/h4-16H,1-3H3. The summed E-state index contributed by atoms with van der Waals surface area (Å²) < 4.78 is 0. The molecule has 0 atom stereocenters. The molecule has 0 fully saturated rings. The third-order valence-electron chi connectivity index (χ3n) is 5.05. The third kappa shape index (κ3) is 3.64. The molecule has 4 rings (SSSR count). The van der Waals surface area contributed by atoms with E-state index >= 15 is 0 Å². The van der Waals surface area contributed by atoms with Crippen LogP contribution in [-0.2, 0) is 9.59 Å². The average molecular weight is 415 g/mol.